The summed E-state index contributed by atoms with van der Waals surface area (Å²) in [4.78, 5) is 9.87. The van der Waals surface area contributed by atoms with Gasteiger partial charge in [-0.05, 0) is 6.42 Å². The van der Waals surface area contributed by atoms with Crippen molar-refractivity contribution in [3.63, 3.8) is 0 Å². The fourth-order valence-corrected chi connectivity index (χ4v) is 3.17. The van der Waals surface area contributed by atoms with Gasteiger partial charge in [0.2, 0.25) is 0 Å². The van der Waals surface area contributed by atoms with Gasteiger partial charge in [0.15, 0.2) is 9.84 Å². The maximum Gasteiger partial charge on any atom is 0.152 e. The predicted octanol–water partition coefficient (Wildman–Crippen LogP) is -0.406. The molecule has 1 saturated heterocycles. The van der Waals surface area contributed by atoms with E-state index in [1.807, 2.05) is 4.90 Å². The van der Waals surface area contributed by atoms with E-state index < -0.39 is 9.84 Å². The van der Waals surface area contributed by atoms with E-state index in [1.165, 1.54) is 6.33 Å². The smallest absolute Gasteiger partial charge is 0.152 e. The Morgan fingerprint density at radius 2 is 2.18 bits per heavy atom. The van der Waals surface area contributed by atoms with Crippen molar-refractivity contribution in [3.05, 3.63) is 18.1 Å². The topological polar surface area (TPSA) is 83.4 Å². The fraction of sp³-hybridized carbons (Fsp3) is 0.600. The molecule has 0 bridgehead atoms. The Morgan fingerprint density at radius 1 is 1.35 bits per heavy atom. The van der Waals surface area contributed by atoms with E-state index in [9.17, 15) is 13.5 Å². The van der Waals surface area contributed by atoms with Gasteiger partial charge in [-0.2, -0.15) is 0 Å². The molecule has 0 amide bonds. The monoisotopic (exact) mass is 257 g/mol. The number of aromatic nitrogens is 2. The molecule has 0 spiro atoms. The van der Waals surface area contributed by atoms with E-state index >= 15 is 0 Å². The Bertz CT molecular complexity index is 489. The molecule has 2 heterocycles. The zero-order valence-corrected chi connectivity index (χ0v) is 10.2. The first-order valence-electron chi connectivity index (χ1n) is 5.47. The summed E-state index contributed by atoms with van der Waals surface area (Å²) in [7, 11) is -2.93. The molecule has 1 aromatic rings. The van der Waals surface area contributed by atoms with Gasteiger partial charge >= 0.3 is 0 Å². The minimum absolute atomic E-state index is 0.139. The number of sulfone groups is 1. The van der Waals surface area contributed by atoms with Crippen molar-refractivity contribution in [1.29, 1.82) is 0 Å². The Kier molecular flexibility index (Phi) is 3.58. The molecule has 1 aliphatic rings. The maximum absolute atomic E-state index is 11.5. The van der Waals surface area contributed by atoms with Crippen LogP contribution >= 0.6 is 0 Å². The molecule has 94 valence electrons. The van der Waals surface area contributed by atoms with Crippen LogP contribution < -0.4 is 4.90 Å². The van der Waals surface area contributed by atoms with Crippen molar-refractivity contribution in [2.24, 2.45) is 0 Å². The number of nitrogens with zero attached hydrogens (tertiary/aromatic N) is 3. The summed E-state index contributed by atoms with van der Waals surface area (Å²) >= 11 is 0. The summed E-state index contributed by atoms with van der Waals surface area (Å²) in [6.07, 6.45) is 3.56. The first-order chi connectivity index (χ1) is 8.12. The normalized spacial score (nSPS) is 19.9. The molecule has 1 N–H and O–H groups in total. The number of hydrogen-bond donors (Lipinski definition) is 1. The van der Waals surface area contributed by atoms with Gasteiger partial charge in [-0.25, -0.2) is 18.4 Å². The third-order valence-electron chi connectivity index (χ3n) is 2.79. The van der Waals surface area contributed by atoms with E-state index in [2.05, 4.69) is 9.97 Å². The molecule has 0 aliphatic carbocycles. The lowest BCUT2D eigenvalue weighted by atomic mass is 10.3. The zero-order valence-electron chi connectivity index (χ0n) is 9.41. The fourth-order valence-electron chi connectivity index (χ4n) is 1.90. The van der Waals surface area contributed by atoms with Crippen LogP contribution in [0.5, 0.6) is 0 Å². The summed E-state index contributed by atoms with van der Waals surface area (Å²) in [5.74, 6) is 1.00. The quantitative estimate of drug-likeness (QED) is 0.775. The van der Waals surface area contributed by atoms with Crippen LogP contribution in [0.4, 0.5) is 5.82 Å². The lowest BCUT2D eigenvalue weighted by molar-refractivity contribution is 0.281. The minimum Gasteiger partial charge on any atom is -0.391 e. The van der Waals surface area contributed by atoms with Crippen molar-refractivity contribution in [1.82, 2.24) is 9.97 Å². The second-order valence-electron chi connectivity index (χ2n) is 4.02. The lowest BCUT2D eigenvalue weighted by Gasteiger charge is -2.22. The Labute approximate surface area is 100 Å². The van der Waals surface area contributed by atoms with Crippen LogP contribution in [-0.2, 0) is 16.4 Å². The molecule has 0 unspecified atom stereocenters. The number of hydrogen-bond acceptors (Lipinski definition) is 6. The predicted molar refractivity (Wildman–Crippen MR) is 63.4 cm³/mol. The molecule has 7 heteroatoms. The van der Waals surface area contributed by atoms with E-state index in [1.54, 1.807) is 6.20 Å². The molecule has 1 aliphatic heterocycles. The molecule has 1 fully saturated rings. The average Bonchev–Trinajstić information content (AvgIpc) is 2.50. The minimum atomic E-state index is -2.93. The molecular weight excluding hydrogens is 242 g/mol. The molecule has 1 aromatic heterocycles. The highest BCUT2D eigenvalue weighted by Crippen LogP contribution is 2.18. The van der Waals surface area contributed by atoms with E-state index in [0.717, 1.165) is 0 Å². The molecular formula is C10H15N3O3S. The number of anilines is 1. The molecule has 17 heavy (non-hydrogen) atoms. The van der Waals surface area contributed by atoms with E-state index in [-0.39, 0.29) is 18.1 Å². The highest BCUT2D eigenvalue weighted by atomic mass is 32.2. The van der Waals surface area contributed by atoms with Crippen molar-refractivity contribution in [2.45, 2.75) is 13.0 Å². The Morgan fingerprint density at radius 3 is 2.94 bits per heavy atom. The van der Waals surface area contributed by atoms with Crippen LogP contribution in [0.25, 0.3) is 0 Å². The summed E-state index contributed by atoms with van der Waals surface area (Å²) < 4.78 is 23.0. The third kappa shape index (κ3) is 2.92. The standard InChI is InChI=1S/C10H15N3O3S/c14-7-9-6-11-8-12-10(9)13-2-1-4-17(15,16)5-3-13/h6,8,14H,1-5,7H2. The van der Waals surface area contributed by atoms with Crippen molar-refractivity contribution >= 4 is 15.7 Å². The summed E-state index contributed by atoms with van der Waals surface area (Å²) in [6, 6.07) is 0. The van der Waals surface area contributed by atoms with Gasteiger partial charge in [0.25, 0.3) is 0 Å². The molecule has 0 atom stereocenters. The van der Waals surface area contributed by atoms with Crippen LogP contribution in [0.3, 0.4) is 0 Å². The largest absolute Gasteiger partial charge is 0.391 e. The SMILES string of the molecule is O=S1(=O)CCCN(c2ncncc2CO)CC1. The van der Waals surface area contributed by atoms with Crippen molar-refractivity contribution < 1.29 is 13.5 Å². The molecule has 0 saturated carbocycles. The molecule has 2 rings (SSSR count). The average molecular weight is 257 g/mol. The van der Waals surface area contributed by atoms with Gasteiger partial charge in [-0.1, -0.05) is 0 Å². The van der Waals surface area contributed by atoms with Crippen LogP contribution in [0.2, 0.25) is 0 Å². The van der Waals surface area contributed by atoms with Gasteiger partial charge in [-0.3, -0.25) is 0 Å². The highest BCUT2D eigenvalue weighted by molar-refractivity contribution is 7.91. The van der Waals surface area contributed by atoms with Gasteiger partial charge in [0, 0.05) is 24.8 Å². The number of rotatable bonds is 2. The van der Waals surface area contributed by atoms with Gasteiger partial charge < -0.3 is 10.0 Å². The van der Waals surface area contributed by atoms with Crippen molar-refractivity contribution in [2.75, 3.05) is 29.5 Å². The Balaban J connectivity index is 2.22. The maximum atomic E-state index is 11.5. The van der Waals surface area contributed by atoms with Crippen LogP contribution in [0, 0.1) is 0 Å². The summed E-state index contributed by atoms with van der Waals surface area (Å²) in [5, 5.41) is 9.20. The molecule has 0 radical (unpaired) electrons. The third-order valence-corrected chi connectivity index (χ3v) is 4.50. The van der Waals surface area contributed by atoms with Gasteiger partial charge in [0.1, 0.15) is 12.1 Å². The summed E-state index contributed by atoms with van der Waals surface area (Å²) in [6.45, 7) is 0.926. The van der Waals surface area contributed by atoms with Gasteiger partial charge in [0.05, 0.1) is 18.1 Å². The summed E-state index contributed by atoms with van der Waals surface area (Å²) in [5.41, 5.74) is 0.631. The van der Waals surface area contributed by atoms with E-state index in [0.29, 0.717) is 30.9 Å². The number of aliphatic hydroxyl groups excluding tert-OH is 1. The van der Waals surface area contributed by atoms with E-state index in [4.69, 9.17) is 0 Å². The molecule has 6 nitrogen and oxygen atoms in total. The zero-order chi connectivity index (χ0) is 12.3. The van der Waals surface area contributed by atoms with Crippen LogP contribution in [-0.4, -0.2) is 48.1 Å². The van der Waals surface area contributed by atoms with Gasteiger partial charge in [-0.15, -0.1) is 0 Å². The lowest BCUT2D eigenvalue weighted by Crippen LogP contribution is -2.28. The van der Waals surface area contributed by atoms with Crippen LogP contribution in [0.1, 0.15) is 12.0 Å². The molecule has 0 aromatic carbocycles. The second-order valence-corrected chi connectivity index (χ2v) is 6.33. The highest BCUT2D eigenvalue weighted by Gasteiger charge is 2.21. The Hall–Kier alpha value is -1.21. The van der Waals surface area contributed by atoms with Crippen LogP contribution in [0.15, 0.2) is 12.5 Å². The van der Waals surface area contributed by atoms with Crippen molar-refractivity contribution in [3.8, 4) is 0 Å². The first-order valence-corrected chi connectivity index (χ1v) is 7.29. The first kappa shape index (κ1) is 12.3. The number of aliphatic hydroxyl groups is 1. The second kappa shape index (κ2) is 4.97.